The molecule has 0 saturated carbocycles. The highest BCUT2D eigenvalue weighted by molar-refractivity contribution is 5.92. The van der Waals surface area contributed by atoms with E-state index in [9.17, 15) is 4.79 Å². The number of carbonyl (C=O) groups is 1. The predicted octanol–water partition coefficient (Wildman–Crippen LogP) is 5.56. The van der Waals surface area contributed by atoms with Gasteiger partial charge in [0.2, 0.25) is 11.9 Å². The number of anilines is 1. The minimum Gasteiger partial charge on any atom is -0.278 e. The summed E-state index contributed by atoms with van der Waals surface area (Å²) in [6, 6.07) is 0.197. The largest absolute Gasteiger partial charge is 0.278 e. The molecule has 1 rings (SSSR count). The van der Waals surface area contributed by atoms with E-state index in [-0.39, 0.29) is 17.4 Å². The predicted molar refractivity (Wildman–Crippen MR) is 106 cm³/mol. The Kier molecular flexibility index (Phi) is 9.09. The molecule has 0 aliphatic rings. The molecule has 4 nitrogen and oxygen atoms in total. The van der Waals surface area contributed by atoms with Gasteiger partial charge in [0.25, 0.3) is 0 Å². The molecule has 0 aromatic carbocycles. The first-order valence-electron chi connectivity index (χ1n) is 9.95. The summed E-state index contributed by atoms with van der Waals surface area (Å²) >= 11 is 0. The first-order chi connectivity index (χ1) is 11.8. The zero-order valence-electron chi connectivity index (χ0n) is 17.1. The quantitative estimate of drug-likeness (QED) is 0.557. The summed E-state index contributed by atoms with van der Waals surface area (Å²) in [4.78, 5) is 24.1. The molecule has 1 aromatic rings. The van der Waals surface area contributed by atoms with Gasteiger partial charge in [-0.05, 0) is 30.2 Å². The lowest BCUT2D eigenvalue weighted by Crippen LogP contribution is -2.43. The van der Waals surface area contributed by atoms with Crippen molar-refractivity contribution in [3.05, 3.63) is 18.0 Å². The molecule has 0 aliphatic heterocycles. The van der Waals surface area contributed by atoms with E-state index in [0.717, 1.165) is 50.5 Å². The Balaban J connectivity index is 3.14. The second-order valence-corrected chi connectivity index (χ2v) is 8.18. The Morgan fingerprint density at radius 3 is 1.96 bits per heavy atom. The highest BCUT2D eigenvalue weighted by Gasteiger charge is 2.29. The molecule has 0 radical (unpaired) electrons. The summed E-state index contributed by atoms with van der Waals surface area (Å²) in [6.45, 7) is 12.8. The third-order valence-electron chi connectivity index (χ3n) is 4.41. The molecule has 142 valence electrons. The van der Waals surface area contributed by atoms with Gasteiger partial charge >= 0.3 is 0 Å². The highest BCUT2D eigenvalue weighted by Crippen LogP contribution is 2.26. The number of hydrogen-bond donors (Lipinski definition) is 0. The molecule has 25 heavy (non-hydrogen) atoms. The van der Waals surface area contributed by atoms with Gasteiger partial charge in [-0.15, -0.1) is 0 Å². The SMILES string of the molecule is CCCCC(CCCC)N(C(=O)CC(C)(C)C)c1ncc(CC)cn1. The van der Waals surface area contributed by atoms with Gasteiger partial charge in [0.1, 0.15) is 0 Å². The van der Waals surface area contributed by atoms with Crippen molar-refractivity contribution in [1.29, 1.82) is 0 Å². The van der Waals surface area contributed by atoms with Crippen LogP contribution >= 0.6 is 0 Å². The van der Waals surface area contributed by atoms with Gasteiger partial charge in [-0.2, -0.15) is 0 Å². The van der Waals surface area contributed by atoms with Crippen molar-refractivity contribution in [2.45, 2.75) is 99.0 Å². The maximum absolute atomic E-state index is 13.1. The van der Waals surface area contributed by atoms with Crippen LogP contribution in [0.15, 0.2) is 12.4 Å². The van der Waals surface area contributed by atoms with E-state index in [0.29, 0.717) is 12.4 Å². The minimum absolute atomic E-state index is 0.0429. The second-order valence-electron chi connectivity index (χ2n) is 8.18. The Morgan fingerprint density at radius 2 is 1.56 bits per heavy atom. The number of hydrogen-bond acceptors (Lipinski definition) is 3. The highest BCUT2D eigenvalue weighted by atomic mass is 16.2. The zero-order valence-corrected chi connectivity index (χ0v) is 17.1. The van der Waals surface area contributed by atoms with E-state index in [2.05, 4.69) is 51.5 Å². The standard InChI is InChI=1S/C21H37N3O/c1-7-10-12-18(13-11-8-2)24(19(25)14-21(4,5)6)20-22-15-17(9-3)16-23-20/h15-16,18H,7-14H2,1-6H3. The van der Waals surface area contributed by atoms with Crippen LogP contribution in [-0.2, 0) is 11.2 Å². The molecule has 0 aliphatic carbocycles. The lowest BCUT2D eigenvalue weighted by Gasteiger charge is -2.32. The summed E-state index contributed by atoms with van der Waals surface area (Å²) in [5.41, 5.74) is 1.06. The summed E-state index contributed by atoms with van der Waals surface area (Å²) in [5.74, 6) is 0.720. The van der Waals surface area contributed by atoms with Crippen LogP contribution in [0.4, 0.5) is 5.95 Å². The van der Waals surface area contributed by atoms with E-state index >= 15 is 0 Å². The number of carbonyl (C=O) groups excluding carboxylic acids is 1. The number of aryl methyl sites for hydroxylation is 1. The van der Waals surface area contributed by atoms with Crippen molar-refractivity contribution < 1.29 is 4.79 Å². The summed E-state index contributed by atoms with van der Waals surface area (Å²) in [6.07, 6.45) is 11.7. The van der Waals surface area contributed by atoms with E-state index < -0.39 is 0 Å². The van der Waals surface area contributed by atoms with E-state index in [1.807, 2.05) is 17.3 Å². The van der Waals surface area contributed by atoms with Gasteiger partial charge in [-0.1, -0.05) is 67.2 Å². The average Bonchev–Trinajstić information content (AvgIpc) is 2.56. The third-order valence-corrected chi connectivity index (χ3v) is 4.41. The van der Waals surface area contributed by atoms with Gasteiger partial charge in [-0.3, -0.25) is 9.69 Å². The molecular weight excluding hydrogens is 310 g/mol. The Morgan fingerprint density at radius 1 is 1.04 bits per heavy atom. The lowest BCUT2D eigenvalue weighted by atomic mass is 9.91. The first-order valence-corrected chi connectivity index (χ1v) is 9.95. The van der Waals surface area contributed by atoms with Crippen molar-refractivity contribution >= 4 is 11.9 Å². The van der Waals surface area contributed by atoms with Gasteiger partial charge in [-0.25, -0.2) is 9.97 Å². The fourth-order valence-electron chi connectivity index (χ4n) is 2.95. The molecule has 1 heterocycles. The molecule has 0 unspecified atom stereocenters. The molecule has 4 heteroatoms. The van der Waals surface area contributed by atoms with Crippen LogP contribution < -0.4 is 4.90 Å². The minimum atomic E-state index is -0.0429. The molecule has 0 bridgehead atoms. The van der Waals surface area contributed by atoms with Crippen LogP contribution in [0, 0.1) is 5.41 Å². The van der Waals surface area contributed by atoms with Crippen LogP contribution in [-0.4, -0.2) is 21.9 Å². The van der Waals surface area contributed by atoms with Crippen molar-refractivity contribution in [1.82, 2.24) is 9.97 Å². The van der Waals surface area contributed by atoms with Gasteiger partial charge in [0.05, 0.1) is 0 Å². The first kappa shape index (κ1) is 21.6. The lowest BCUT2D eigenvalue weighted by molar-refractivity contribution is -0.120. The number of aromatic nitrogens is 2. The molecule has 1 amide bonds. The number of nitrogens with zero attached hydrogens (tertiary/aromatic N) is 3. The van der Waals surface area contributed by atoms with E-state index in [1.165, 1.54) is 0 Å². The number of amides is 1. The third kappa shape index (κ3) is 7.54. The monoisotopic (exact) mass is 347 g/mol. The van der Waals surface area contributed by atoms with Gasteiger partial charge < -0.3 is 0 Å². The zero-order chi connectivity index (χ0) is 18.9. The Labute approximate surface area is 154 Å². The van der Waals surface area contributed by atoms with Crippen LogP contribution in [0.1, 0.15) is 92.1 Å². The Bertz CT molecular complexity index is 497. The van der Waals surface area contributed by atoms with Crippen LogP contribution in [0.5, 0.6) is 0 Å². The van der Waals surface area contributed by atoms with E-state index in [1.54, 1.807) is 0 Å². The molecule has 0 atom stereocenters. The van der Waals surface area contributed by atoms with Gasteiger partial charge in [0.15, 0.2) is 0 Å². The summed E-state index contributed by atoms with van der Waals surface area (Å²) in [7, 11) is 0. The van der Waals surface area contributed by atoms with E-state index in [4.69, 9.17) is 0 Å². The van der Waals surface area contributed by atoms with Crippen molar-refractivity contribution in [3.8, 4) is 0 Å². The molecule has 0 fully saturated rings. The summed E-state index contributed by atoms with van der Waals surface area (Å²) < 4.78 is 0. The van der Waals surface area contributed by atoms with Crippen LogP contribution in [0.2, 0.25) is 0 Å². The molecule has 1 aromatic heterocycles. The molecular formula is C21H37N3O. The van der Waals surface area contributed by atoms with Crippen molar-refractivity contribution in [2.24, 2.45) is 5.41 Å². The van der Waals surface area contributed by atoms with Crippen molar-refractivity contribution in [3.63, 3.8) is 0 Å². The topological polar surface area (TPSA) is 46.1 Å². The molecule has 0 N–H and O–H groups in total. The smallest absolute Gasteiger partial charge is 0.232 e. The number of unbranched alkanes of at least 4 members (excludes halogenated alkanes) is 2. The normalized spacial score (nSPS) is 11.8. The van der Waals surface area contributed by atoms with Gasteiger partial charge in [0, 0.05) is 24.9 Å². The second kappa shape index (κ2) is 10.5. The average molecular weight is 348 g/mol. The molecule has 0 spiro atoms. The molecule has 0 saturated heterocycles. The maximum Gasteiger partial charge on any atom is 0.232 e. The summed E-state index contributed by atoms with van der Waals surface area (Å²) in [5, 5.41) is 0. The fraction of sp³-hybridized carbons (Fsp3) is 0.762. The maximum atomic E-state index is 13.1. The Hall–Kier alpha value is -1.45. The van der Waals surface area contributed by atoms with Crippen LogP contribution in [0.25, 0.3) is 0 Å². The van der Waals surface area contributed by atoms with Crippen LogP contribution in [0.3, 0.4) is 0 Å². The number of rotatable bonds is 10. The fourth-order valence-corrected chi connectivity index (χ4v) is 2.95. The van der Waals surface area contributed by atoms with Crippen molar-refractivity contribution in [2.75, 3.05) is 4.90 Å².